The lowest BCUT2D eigenvalue weighted by atomic mass is 10.1. The molecule has 0 saturated carbocycles. The van der Waals surface area contributed by atoms with Crippen molar-refractivity contribution in [3.8, 4) is 5.75 Å². The van der Waals surface area contributed by atoms with Gasteiger partial charge in [0.05, 0.1) is 5.52 Å². The van der Waals surface area contributed by atoms with E-state index in [4.69, 9.17) is 0 Å². The van der Waals surface area contributed by atoms with Gasteiger partial charge in [-0.2, -0.15) is 0 Å². The monoisotopic (exact) mass is 187 g/mol. The summed E-state index contributed by atoms with van der Waals surface area (Å²) in [6, 6.07) is 7.65. The number of phenols is 1. The van der Waals surface area contributed by atoms with Gasteiger partial charge in [0, 0.05) is 11.1 Å². The first-order valence-electron chi connectivity index (χ1n) is 4.80. The third kappa shape index (κ3) is 1.43. The standard InChI is InChI=1S/C12H13NO/c1-3-9-6-11-10(12(14)7-9)5-4-8(2)13-11/h4-7,14H,3H2,1-2H3. The molecule has 0 aliphatic heterocycles. The summed E-state index contributed by atoms with van der Waals surface area (Å²) in [5.74, 6) is 0.326. The van der Waals surface area contributed by atoms with Crippen LogP contribution in [-0.2, 0) is 6.42 Å². The number of fused-ring (bicyclic) bond motifs is 1. The van der Waals surface area contributed by atoms with Gasteiger partial charge in [0.15, 0.2) is 0 Å². The first kappa shape index (κ1) is 9.00. The molecule has 14 heavy (non-hydrogen) atoms. The smallest absolute Gasteiger partial charge is 0.125 e. The van der Waals surface area contributed by atoms with Gasteiger partial charge < -0.3 is 5.11 Å². The molecule has 2 rings (SSSR count). The Labute approximate surface area is 83.2 Å². The molecule has 2 aromatic rings. The minimum atomic E-state index is 0.326. The Hall–Kier alpha value is -1.57. The Kier molecular flexibility index (Phi) is 2.12. The Bertz CT molecular complexity index is 477. The van der Waals surface area contributed by atoms with E-state index in [0.29, 0.717) is 5.75 Å². The maximum atomic E-state index is 9.73. The van der Waals surface area contributed by atoms with Crippen LogP contribution >= 0.6 is 0 Å². The summed E-state index contributed by atoms with van der Waals surface area (Å²) in [6.07, 6.45) is 0.916. The van der Waals surface area contributed by atoms with Crippen molar-refractivity contribution < 1.29 is 5.11 Å². The highest BCUT2D eigenvalue weighted by molar-refractivity contribution is 5.85. The lowest BCUT2D eigenvalue weighted by molar-refractivity contribution is 0.481. The van der Waals surface area contributed by atoms with E-state index in [9.17, 15) is 5.11 Å². The van der Waals surface area contributed by atoms with Crippen molar-refractivity contribution in [3.05, 3.63) is 35.5 Å². The topological polar surface area (TPSA) is 33.1 Å². The molecular weight excluding hydrogens is 174 g/mol. The van der Waals surface area contributed by atoms with Crippen LogP contribution in [0.15, 0.2) is 24.3 Å². The highest BCUT2D eigenvalue weighted by Crippen LogP contribution is 2.25. The van der Waals surface area contributed by atoms with Crippen LogP contribution in [0.25, 0.3) is 10.9 Å². The molecule has 0 radical (unpaired) electrons. The van der Waals surface area contributed by atoms with Gasteiger partial charge in [-0.05, 0) is 43.2 Å². The Morgan fingerprint density at radius 2 is 2.07 bits per heavy atom. The summed E-state index contributed by atoms with van der Waals surface area (Å²) >= 11 is 0. The van der Waals surface area contributed by atoms with Crippen molar-refractivity contribution in [3.63, 3.8) is 0 Å². The van der Waals surface area contributed by atoms with Crippen molar-refractivity contribution >= 4 is 10.9 Å². The van der Waals surface area contributed by atoms with E-state index in [1.54, 1.807) is 6.07 Å². The molecule has 2 nitrogen and oxygen atoms in total. The summed E-state index contributed by atoms with van der Waals surface area (Å²) < 4.78 is 0. The van der Waals surface area contributed by atoms with E-state index in [0.717, 1.165) is 28.6 Å². The van der Waals surface area contributed by atoms with Crippen LogP contribution in [0.2, 0.25) is 0 Å². The molecule has 1 aromatic heterocycles. The van der Waals surface area contributed by atoms with Crippen molar-refractivity contribution in [2.45, 2.75) is 20.3 Å². The van der Waals surface area contributed by atoms with Gasteiger partial charge in [-0.1, -0.05) is 6.92 Å². The quantitative estimate of drug-likeness (QED) is 0.744. The molecule has 1 aromatic carbocycles. The van der Waals surface area contributed by atoms with Gasteiger partial charge >= 0.3 is 0 Å². The summed E-state index contributed by atoms with van der Waals surface area (Å²) in [7, 11) is 0. The number of nitrogens with zero attached hydrogens (tertiary/aromatic N) is 1. The number of aromatic hydroxyl groups is 1. The average molecular weight is 187 g/mol. The number of rotatable bonds is 1. The van der Waals surface area contributed by atoms with Crippen LogP contribution in [0, 0.1) is 6.92 Å². The lowest BCUT2D eigenvalue weighted by Gasteiger charge is -2.04. The van der Waals surface area contributed by atoms with Gasteiger partial charge in [-0.25, -0.2) is 0 Å². The Balaban J connectivity index is 2.77. The maximum Gasteiger partial charge on any atom is 0.125 e. The number of hydrogen-bond donors (Lipinski definition) is 1. The molecule has 0 unspecified atom stereocenters. The minimum Gasteiger partial charge on any atom is -0.507 e. The first-order chi connectivity index (χ1) is 6.70. The predicted octanol–water partition coefficient (Wildman–Crippen LogP) is 2.81. The molecule has 0 aliphatic rings. The molecule has 0 spiro atoms. The fourth-order valence-electron chi connectivity index (χ4n) is 1.58. The molecule has 72 valence electrons. The predicted molar refractivity (Wildman–Crippen MR) is 57.5 cm³/mol. The normalized spacial score (nSPS) is 10.7. The molecular formula is C12H13NO. The largest absolute Gasteiger partial charge is 0.507 e. The summed E-state index contributed by atoms with van der Waals surface area (Å²) in [4.78, 5) is 4.39. The van der Waals surface area contributed by atoms with Crippen molar-refractivity contribution in [2.24, 2.45) is 0 Å². The molecule has 1 N–H and O–H groups in total. The van der Waals surface area contributed by atoms with E-state index >= 15 is 0 Å². The van der Waals surface area contributed by atoms with Crippen LogP contribution in [0.4, 0.5) is 0 Å². The Morgan fingerprint density at radius 1 is 1.29 bits per heavy atom. The van der Waals surface area contributed by atoms with Crippen LogP contribution < -0.4 is 0 Å². The SMILES string of the molecule is CCc1cc(O)c2ccc(C)nc2c1. The number of benzene rings is 1. The molecule has 0 atom stereocenters. The van der Waals surface area contributed by atoms with Gasteiger partial charge in [-0.3, -0.25) is 4.98 Å². The molecule has 0 bridgehead atoms. The number of pyridine rings is 1. The fourth-order valence-corrected chi connectivity index (χ4v) is 1.58. The van der Waals surface area contributed by atoms with Gasteiger partial charge in [-0.15, -0.1) is 0 Å². The lowest BCUT2D eigenvalue weighted by Crippen LogP contribution is -1.86. The highest BCUT2D eigenvalue weighted by atomic mass is 16.3. The zero-order valence-corrected chi connectivity index (χ0v) is 8.41. The highest BCUT2D eigenvalue weighted by Gasteiger charge is 2.02. The van der Waals surface area contributed by atoms with Crippen molar-refractivity contribution in [2.75, 3.05) is 0 Å². The number of phenolic OH excluding ortho intramolecular Hbond substituents is 1. The summed E-state index contributed by atoms with van der Waals surface area (Å²) in [5, 5.41) is 10.6. The average Bonchev–Trinajstić information content (AvgIpc) is 2.16. The first-order valence-corrected chi connectivity index (χ1v) is 4.80. The maximum absolute atomic E-state index is 9.73. The van der Waals surface area contributed by atoms with Crippen molar-refractivity contribution in [1.82, 2.24) is 4.98 Å². The van der Waals surface area contributed by atoms with Crippen molar-refractivity contribution in [1.29, 1.82) is 0 Å². The van der Waals surface area contributed by atoms with E-state index in [1.807, 2.05) is 25.1 Å². The molecule has 0 saturated heterocycles. The molecule has 0 amide bonds. The van der Waals surface area contributed by atoms with E-state index in [-0.39, 0.29) is 0 Å². The second-order valence-corrected chi connectivity index (χ2v) is 3.49. The molecule has 0 aliphatic carbocycles. The molecule has 0 fully saturated rings. The second-order valence-electron chi connectivity index (χ2n) is 3.49. The minimum absolute atomic E-state index is 0.326. The Morgan fingerprint density at radius 3 is 2.79 bits per heavy atom. The third-order valence-corrected chi connectivity index (χ3v) is 2.39. The fraction of sp³-hybridized carbons (Fsp3) is 0.250. The van der Waals surface area contributed by atoms with Crippen LogP contribution in [0.1, 0.15) is 18.2 Å². The zero-order chi connectivity index (χ0) is 10.1. The third-order valence-electron chi connectivity index (χ3n) is 2.39. The van der Waals surface area contributed by atoms with Crippen LogP contribution in [0.5, 0.6) is 5.75 Å². The van der Waals surface area contributed by atoms with E-state index in [2.05, 4.69) is 11.9 Å². The van der Waals surface area contributed by atoms with Gasteiger partial charge in [0.25, 0.3) is 0 Å². The van der Waals surface area contributed by atoms with E-state index in [1.165, 1.54) is 0 Å². The second kappa shape index (κ2) is 3.29. The number of hydrogen-bond acceptors (Lipinski definition) is 2. The van der Waals surface area contributed by atoms with Crippen LogP contribution in [-0.4, -0.2) is 10.1 Å². The van der Waals surface area contributed by atoms with E-state index < -0.39 is 0 Å². The summed E-state index contributed by atoms with van der Waals surface area (Å²) in [5.41, 5.74) is 2.97. The molecule has 1 heterocycles. The molecule has 2 heteroatoms. The number of aryl methyl sites for hydroxylation is 2. The zero-order valence-electron chi connectivity index (χ0n) is 8.41. The van der Waals surface area contributed by atoms with Gasteiger partial charge in [0.2, 0.25) is 0 Å². The summed E-state index contributed by atoms with van der Waals surface area (Å²) in [6.45, 7) is 4.02. The van der Waals surface area contributed by atoms with Crippen LogP contribution in [0.3, 0.4) is 0 Å². The van der Waals surface area contributed by atoms with Gasteiger partial charge in [0.1, 0.15) is 5.75 Å². The number of aromatic nitrogens is 1.